The summed E-state index contributed by atoms with van der Waals surface area (Å²) >= 11 is 0. The maximum Gasteiger partial charge on any atom is 0.317 e. The molecule has 134 valence electrons. The Morgan fingerprint density at radius 1 is 1.25 bits per heavy atom. The van der Waals surface area contributed by atoms with Crippen LogP contribution < -0.4 is 4.72 Å². The van der Waals surface area contributed by atoms with Crippen LogP contribution in [0, 0.1) is 17.5 Å². The average Bonchev–Trinajstić information content (AvgIpc) is 2.43. The Labute approximate surface area is 137 Å². The van der Waals surface area contributed by atoms with E-state index in [9.17, 15) is 26.4 Å². The fraction of sp³-hybridized carbons (Fsp3) is 0.500. The first-order valence-corrected chi connectivity index (χ1v) is 8.75. The molecule has 1 aliphatic rings. The molecule has 2 N–H and O–H groups in total. The quantitative estimate of drug-likeness (QED) is 0.711. The topological polar surface area (TPSA) is 86.7 Å². The second kappa shape index (κ2) is 7.08. The van der Waals surface area contributed by atoms with Crippen molar-refractivity contribution in [3.8, 4) is 0 Å². The molecule has 1 fully saturated rings. The predicted molar refractivity (Wildman–Crippen MR) is 78.3 cm³/mol. The lowest BCUT2D eigenvalue weighted by molar-refractivity contribution is -0.139. The van der Waals surface area contributed by atoms with Crippen LogP contribution in [-0.2, 0) is 14.8 Å². The number of halogens is 3. The van der Waals surface area contributed by atoms with Crippen molar-refractivity contribution in [3.63, 3.8) is 0 Å². The lowest BCUT2D eigenvalue weighted by atomic mass is 9.86. The molecule has 0 aromatic heterocycles. The Morgan fingerprint density at radius 2 is 1.83 bits per heavy atom. The smallest absolute Gasteiger partial charge is 0.317 e. The van der Waals surface area contributed by atoms with E-state index in [4.69, 9.17) is 5.11 Å². The zero-order valence-electron chi connectivity index (χ0n) is 12.8. The Balaban J connectivity index is 2.03. The van der Waals surface area contributed by atoms with E-state index in [1.165, 1.54) is 0 Å². The standard InChI is InChI=1S/C14H17F3N2O4S/c1-2-19(7-14(20)21)9-3-8(4-9)18-24(22,23)13-6-11(16)10(15)5-12(13)17/h5-6,8-9,18H,2-4,7H2,1H3,(H,20,21). The third-order valence-corrected chi connectivity index (χ3v) is 5.50. The van der Waals surface area contributed by atoms with Crippen molar-refractivity contribution >= 4 is 16.0 Å². The fourth-order valence-corrected chi connectivity index (χ4v) is 3.98. The minimum atomic E-state index is -4.34. The number of hydrogen-bond donors (Lipinski definition) is 2. The molecule has 0 saturated heterocycles. The van der Waals surface area contributed by atoms with Crippen LogP contribution >= 0.6 is 0 Å². The SMILES string of the molecule is CCN(CC(=O)O)C1CC(NS(=O)(=O)c2cc(F)c(F)cc2F)C1. The number of rotatable bonds is 7. The van der Waals surface area contributed by atoms with E-state index >= 15 is 0 Å². The molecule has 0 radical (unpaired) electrons. The van der Waals surface area contributed by atoms with Crippen LogP contribution in [0.25, 0.3) is 0 Å². The lowest BCUT2D eigenvalue weighted by Gasteiger charge is -2.42. The van der Waals surface area contributed by atoms with E-state index in [0.29, 0.717) is 25.5 Å². The van der Waals surface area contributed by atoms with E-state index in [1.54, 1.807) is 11.8 Å². The second-order valence-electron chi connectivity index (χ2n) is 5.60. The molecule has 0 bridgehead atoms. The zero-order valence-corrected chi connectivity index (χ0v) is 13.6. The second-order valence-corrected chi connectivity index (χ2v) is 7.28. The van der Waals surface area contributed by atoms with Gasteiger partial charge in [-0.15, -0.1) is 0 Å². The van der Waals surface area contributed by atoms with Gasteiger partial charge < -0.3 is 5.11 Å². The number of nitrogens with zero attached hydrogens (tertiary/aromatic N) is 1. The lowest BCUT2D eigenvalue weighted by Crippen LogP contribution is -2.54. The predicted octanol–water partition coefficient (Wildman–Crippen LogP) is 1.32. The molecule has 0 atom stereocenters. The molecular formula is C14H17F3N2O4S. The molecule has 1 aromatic carbocycles. The first-order valence-electron chi connectivity index (χ1n) is 7.26. The number of likely N-dealkylation sites (N-methyl/N-ethyl adjacent to an activating group) is 1. The van der Waals surface area contributed by atoms with Gasteiger partial charge >= 0.3 is 5.97 Å². The largest absolute Gasteiger partial charge is 0.480 e. The normalized spacial score (nSPS) is 20.9. The highest BCUT2D eigenvalue weighted by molar-refractivity contribution is 7.89. The van der Waals surface area contributed by atoms with E-state index in [1.807, 2.05) is 0 Å². The van der Waals surface area contributed by atoms with Crippen LogP contribution in [0.3, 0.4) is 0 Å². The highest BCUT2D eigenvalue weighted by Gasteiger charge is 2.37. The van der Waals surface area contributed by atoms with Crippen LogP contribution in [0.4, 0.5) is 13.2 Å². The Hall–Kier alpha value is -1.65. The molecule has 2 rings (SSSR count). The zero-order chi connectivity index (χ0) is 18.1. The summed E-state index contributed by atoms with van der Waals surface area (Å²) in [6.45, 7) is 2.13. The van der Waals surface area contributed by atoms with Crippen LogP contribution in [0.15, 0.2) is 17.0 Å². The number of nitrogens with one attached hydrogen (secondary N) is 1. The van der Waals surface area contributed by atoms with Crippen molar-refractivity contribution < 1.29 is 31.5 Å². The van der Waals surface area contributed by atoms with Crippen molar-refractivity contribution in [3.05, 3.63) is 29.6 Å². The summed E-state index contributed by atoms with van der Waals surface area (Å²) in [6, 6.07) is -0.144. The van der Waals surface area contributed by atoms with Gasteiger partial charge in [-0.2, -0.15) is 0 Å². The molecule has 0 aliphatic heterocycles. The fourth-order valence-electron chi connectivity index (χ4n) is 2.65. The summed E-state index contributed by atoms with van der Waals surface area (Å²) in [5, 5.41) is 8.80. The summed E-state index contributed by atoms with van der Waals surface area (Å²) in [5.41, 5.74) is 0. The molecule has 1 aromatic rings. The molecule has 0 amide bonds. The molecule has 0 unspecified atom stereocenters. The van der Waals surface area contributed by atoms with Gasteiger partial charge in [-0.25, -0.2) is 26.3 Å². The molecule has 10 heteroatoms. The van der Waals surface area contributed by atoms with Gasteiger partial charge in [-0.3, -0.25) is 9.69 Å². The monoisotopic (exact) mass is 366 g/mol. The van der Waals surface area contributed by atoms with Gasteiger partial charge in [0.15, 0.2) is 11.6 Å². The van der Waals surface area contributed by atoms with Gasteiger partial charge in [0.25, 0.3) is 0 Å². The van der Waals surface area contributed by atoms with Gasteiger partial charge in [0.05, 0.1) is 6.54 Å². The number of carboxylic acid groups (broad SMARTS) is 1. The summed E-state index contributed by atoms with van der Waals surface area (Å²) in [5.74, 6) is -5.28. The molecule has 0 spiro atoms. The first kappa shape index (κ1) is 18.7. The highest BCUT2D eigenvalue weighted by atomic mass is 32.2. The van der Waals surface area contributed by atoms with Crippen LogP contribution in [-0.4, -0.2) is 49.6 Å². The Morgan fingerprint density at radius 3 is 2.38 bits per heavy atom. The average molecular weight is 366 g/mol. The molecular weight excluding hydrogens is 349 g/mol. The van der Waals surface area contributed by atoms with Crippen molar-refractivity contribution in [2.75, 3.05) is 13.1 Å². The van der Waals surface area contributed by atoms with E-state index in [0.717, 1.165) is 0 Å². The number of aliphatic carboxylic acids is 1. The molecule has 0 heterocycles. The summed E-state index contributed by atoms with van der Waals surface area (Å²) in [6.07, 6.45) is 0.706. The van der Waals surface area contributed by atoms with Crippen molar-refractivity contribution in [2.45, 2.75) is 36.7 Å². The minimum absolute atomic E-state index is 0.103. The molecule has 24 heavy (non-hydrogen) atoms. The van der Waals surface area contributed by atoms with Gasteiger partial charge in [0, 0.05) is 18.2 Å². The van der Waals surface area contributed by atoms with Gasteiger partial charge in [0.2, 0.25) is 10.0 Å². The van der Waals surface area contributed by atoms with Gasteiger partial charge in [0.1, 0.15) is 10.7 Å². The van der Waals surface area contributed by atoms with Crippen LogP contribution in [0.2, 0.25) is 0 Å². The number of carbonyl (C=O) groups is 1. The molecule has 1 saturated carbocycles. The third-order valence-electron chi connectivity index (χ3n) is 3.96. The van der Waals surface area contributed by atoms with Crippen LogP contribution in [0.1, 0.15) is 19.8 Å². The number of benzene rings is 1. The van der Waals surface area contributed by atoms with Crippen molar-refractivity contribution in [2.24, 2.45) is 0 Å². The van der Waals surface area contributed by atoms with E-state index in [-0.39, 0.29) is 18.7 Å². The Kier molecular flexibility index (Phi) is 5.51. The first-order chi connectivity index (χ1) is 11.1. The molecule has 1 aliphatic carbocycles. The highest BCUT2D eigenvalue weighted by Crippen LogP contribution is 2.28. The van der Waals surface area contributed by atoms with E-state index < -0.39 is 44.4 Å². The minimum Gasteiger partial charge on any atom is -0.480 e. The third kappa shape index (κ3) is 4.05. The summed E-state index contributed by atoms with van der Waals surface area (Å²) in [4.78, 5) is 11.5. The maximum atomic E-state index is 13.6. The number of carboxylic acids is 1. The maximum absolute atomic E-state index is 13.6. The number of hydrogen-bond acceptors (Lipinski definition) is 4. The number of sulfonamides is 1. The Bertz CT molecular complexity index is 736. The summed E-state index contributed by atoms with van der Waals surface area (Å²) in [7, 11) is -4.34. The van der Waals surface area contributed by atoms with Crippen LogP contribution in [0.5, 0.6) is 0 Å². The van der Waals surface area contributed by atoms with Gasteiger partial charge in [-0.05, 0) is 25.5 Å². The summed E-state index contributed by atoms with van der Waals surface area (Å²) < 4.78 is 66.1. The van der Waals surface area contributed by atoms with Crippen molar-refractivity contribution in [1.82, 2.24) is 9.62 Å². The molecule has 6 nitrogen and oxygen atoms in total. The van der Waals surface area contributed by atoms with Gasteiger partial charge in [-0.1, -0.05) is 6.92 Å². The van der Waals surface area contributed by atoms with E-state index in [2.05, 4.69) is 4.72 Å². The van der Waals surface area contributed by atoms with Crippen molar-refractivity contribution in [1.29, 1.82) is 0 Å².